The van der Waals surface area contributed by atoms with E-state index in [-0.39, 0.29) is 5.57 Å². The second-order valence-corrected chi connectivity index (χ2v) is 8.05. The van der Waals surface area contributed by atoms with Gasteiger partial charge in [-0.25, -0.2) is 0 Å². The van der Waals surface area contributed by atoms with E-state index < -0.39 is 5.91 Å². The predicted molar refractivity (Wildman–Crippen MR) is 132 cm³/mol. The Morgan fingerprint density at radius 1 is 1.09 bits per heavy atom. The molecule has 0 saturated carbocycles. The molecular formula is C27H21ClN4O. The van der Waals surface area contributed by atoms with Gasteiger partial charge in [0, 0.05) is 28.0 Å². The van der Waals surface area contributed by atoms with Gasteiger partial charge in [0.25, 0.3) is 5.91 Å². The number of nitrogens with zero attached hydrogens (tertiary/aromatic N) is 3. The Morgan fingerprint density at radius 3 is 2.55 bits per heavy atom. The largest absolute Gasteiger partial charge is 0.321 e. The number of carbonyl (C=O) groups excluding carboxylic acids is 1. The Balaban J connectivity index is 1.68. The number of hydrogen-bond donors (Lipinski definition) is 1. The van der Waals surface area contributed by atoms with E-state index >= 15 is 0 Å². The average molecular weight is 453 g/mol. The monoisotopic (exact) mass is 452 g/mol. The minimum absolute atomic E-state index is 0.000250. The SMILES string of the molecule is Cc1cccc(NC(=O)/C(C#N)=C/c2cn(Cc3ccc(Cl)cc3)nc2-c2ccccc2)c1. The number of aryl methyl sites for hydroxylation is 1. The van der Waals surface area contributed by atoms with E-state index in [2.05, 4.69) is 5.32 Å². The van der Waals surface area contributed by atoms with Crippen LogP contribution in [0.15, 0.2) is 90.6 Å². The molecule has 162 valence electrons. The lowest BCUT2D eigenvalue weighted by Gasteiger charge is -2.05. The summed E-state index contributed by atoms with van der Waals surface area (Å²) in [6.07, 6.45) is 3.42. The lowest BCUT2D eigenvalue weighted by molar-refractivity contribution is -0.112. The van der Waals surface area contributed by atoms with Crippen molar-refractivity contribution in [2.45, 2.75) is 13.5 Å². The minimum Gasteiger partial charge on any atom is -0.321 e. The van der Waals surface area contributed by atoms with Crippen molar-refractivity contribution in [3.05, 3.63) is 112 Å². The Labute approximate surface area is 197 Å². The maximum atomic E-state index is 12.8. The molecule has 1 aromatic heterocycles. The van der Waals surface area contributed by atoms with Crippen LogP contribution in [0.4, 0.5) is 5.69 Å². The third-order valence-electron chi connectivity index (χ3n) is 5.04. The summed E-state index contributed by atoms with van der Waals surface area (Å²) < 4.78 is 1.80. The second-order valence-electron chi connectivity index (χ2n) is 7.62. The topological polar surface area (TPSA) is 70.7 Å². The molecule has 0 bridgehead atoms. The summed E-state index contributed by atoms with van der Waals surface area (Å²) in [6.45, 7) is 2.47. The summed E-state index contributed by atoms with van der Waals surface area (Å²) in [6, 6.07) is 26.7. The van der Waals surface area contributed by atoms with E-state index in [0.29, 0.717) is 28.5 Å². The summed E-state index contributed by atoms with van der Waals surface area (Å²) in [5.74, 6) is -0.465. The smallest absolute Gasteiger partial charge is 0.266 e. The fraction of sp³-hybridized carbons (Fsp3) is 0.0741. The molecule has 0 saturated heterocycles. The lowest BCUT2D eigenvalue weighted by atomic mass is 10.1. The number of nitriles is 1. The van der Waals surface area contributed by atoms with Crippen LogP contribution in [0, 0.1) is 18.3 Å². The number of amides is 1. The molecule has 0 spiro atoms. The molecule has 0 atom stereocenters. The quantitative estimate of drug-likeness (QED) is 0.283. The van der Waals surface area contributed by atoms with Crippen LogP contribution in [-0.4, -0.2) is 15.7 Å². The standard InChI is InChI=1S/C27H21ClN4O/c1-19-6-5-9-25(14-19)30-27(33)22(16-29)15-23-18-32(17-20-10-12-24(28)13-11-20)31-26(23)21-7-3-2-4-8-21/h2-15,18H,17H2,1H3,(H,30,33)/b22-15+. The van der Waals surface area contributed by atoms with Crippen molar-refractivity contribution < 1.29 is 4.79 Å². The van der Waals surface area contributed by atoms with E-state index in [0.717, 1.165) is 16.7 Å². The van der Waals surface area contributed by atoms with Gasteiger partial charge in [0.2, 0.25) is 0 Å². The maximum absolute atomic E-state index is 12.8. The molecule has 1 N–H and O–H groups in total. The van der Waals surface area contributed by atoms with Gasteiger partial charge in [-0.1, -0.05) is 66.2 Å². The molecule has 3 aromatic carbocycles. The van der Waals surface area contributed by atoms with Crippen LogP contribution in [0.3, 0.4) is 0 Å². The van der Waals surface area contributed by atoms with Gasteiger partial charge in [-0.15, -0.1) is 0 Å². The molecule has 1 heterocycles. The Hall–Kier alpha value is -4.14. The third kappa shape index (κ3) is 5.57. The summed E-state index contributed by atoms with van der Waals surface area (Å²) in [7, 11) is 0. The first-order chi connectivity index (χ1) is 16.0. The van der Waals surface area contributed by atoms with Crippen molar-refractivity contribution in [2.24, 2.45) is 0 Å². The Morgan fingerprint density at radius 2 is 1.85 bits per heavy atom. The Bertz CT molecular complexity index is 1350. The number of halogens is 1. The summed E-state index contributed by atoms with van der Waals surface area (Å²) in [5.41, 5.74) is 4.98. The van der Waals surface area contributed by atoms with Crippen LogP contribution < -0.4 is 5.32 Å². The highest BCUT2D eigenvalue weighted by Crippen LogP contribution is 2.25. The minimum atomic E-state index is -0.465. The first kappa shape index (κ1) is 22.1. The molecule has 4 rings (SSSR count). The van der Waals surface area contributed by atoms with Crippen molar-refractivity contribution in [3.8, 4) is 17.3 Å². The van der Waals surface area contributed by atoms with Crippen LogP contribution in [0.1, 0.15) is 16.7 Å². The van der Waals surface area contributed by atoms with Crippen molar-refractivity contribution >= 4 is 29.3 Å². The molecular weight excluding hydrogens is 432 g/mol. The molecule has 6 heteroatoms. The van der Waals surface area contributed by atoms with Crippen LogP contribution in [-0.2, 0) is 11.3 Å². The molecule has 5 nitrogen and oxygen atoms in total. The van der Waals surface area contributed by atoms with Crippen molar-refractivity contribution in [3.63, 3.8) is 0 Å². The van der Waals surface area contributed by atoms with E-state index in [1.807, 2.05) is 92.0 Å². The number of nitrogens with one attached hydrogen (secondary N) is 1. The second kappa shape index (κ2) is 9.99. The molecule has 0 fully saturated rings. The highest BCUT2D eigenvalue weighted by atomic mass is 35.5. The lowest BCUT2D eigenvalue weighted by Crippen LogP contribution is -2.13. The predicted octanol–water partition coefficient (Wildman–Crippen LogP) is 6.11. The molecule has 1 amide bonds. The number of aromatic nitrogens is 2. The van der Waals surface area contributed by atoms with Gasteiger partial charge in [-0.05, 0) is 48.4 Å². The van der Waals surface area contributed by atoms with Crippen LogP contribution in [0.2, 0.25) is 5.02 Å². The zero-order chi connectivity index (χ0) is 23.2. The molecule has 0 aliphatic heterocycles. The van der Waals surface area contributed by atoms with Gasteiger partial charge < -0.3 is 5.32 Å². The van der Waals surface area contributed by atoms with Crippen molar-refractivity contribution in [1.82, 2.24) is 9.78 Å². The zero-order valence-corrected chi connectivity index (χ0v) is 18.8. The highest BCUT2D eigenvalue weighted by molar-refractivity contribution is 6.30. The zero-order valence-electron chi connectivity index (χ0n) is 18.0. The van der Waals surface area contributed by atoms with Crippen molar-refractivity contribution in [2.75, 3.05) is 5.32 Å². The molecule has 33 heavy (non-hydrogen) atoms. The number of hydrogen-bond acceptors (Lipinski definition) is 3. The van der Waals surface area contributed by atoms with E-state index in [1.54, 1.807) is 16.8 Å². The van der Waals surface area contributed by atoms with Gasteiger partial charge in [-0.3, -0.25) is 9.48 Å². The molecule has 0 unspecified atom stereocenters. The van der Waals surface area contributed by atoms with Gasteiger partial charge in [0.1, 0.15) is 11.6 Å². The number of benzene rings is 3. The van der Waals surface area contributed by atoms with Crippen molar-refractivity contribution in [1.29, 1.82) is 5.26 Å². The van der Waals surface area contributed by atoms with Crippen LogP contribution in [0.5, 0.6) is 0 Å². The first-order valence-electron chi connectivity index (χ1n) is 10.4. The normalized spacial score (nSPS) is 11.1. The number of anilines is 1. The van der Waals surface area contributed by atoms with E-state index in [9.17, 15) is 10.1 Å². The molecule has 0 aliphatic rings. The highest BCUT2D eigenvalue weighted by Gasteiger charge is 2.15. The van der Waals surface area contributed by atoms with E-state index in [1.165, 1.54) is 0 Å². The fourth-order valence-corrected chi connectivity index (χ4v) is 3.57. The summed E-state index contributed by atoms with van der Waals surface area (Å²) >= 11 is 5.99. The van der Waals surface area contributed by atoms with E-state index in [4.69, 9.17) is 16.7 Å². The van der Waals surface area contributed by atoms with Gasteiger partial charge >= 0.3 is 0 Å². The average Bonchev–Trinajstić information content (AvgIpc) is 3.21. The van der Waals surface area contributed by atoms with Gasteiger partial charge in [0.15, 0.2) is 0 Å². The first-order valence-corrected chi connectivity index (χ1v) is 10.8. The fourth-order valence-electron chi connectivity index (χ4n) is 3.45. The van der Waals surface area contributed by atoms with Crippen LogP contribution in [0.25, 0.3) is 17.3 Å². The van der Waals surface area contributed by atoms with Gasteiger partial charge in [0.05, 0.1) is 12.2 Å². The van der Waals surface area contributed by atoms with Gasteiger partial charge in [-0.2, -0.15) is 10.4 Å². The third-order valence-corrected chi connectivity index (χ3v) is 5.29. The summed E-state index contributed by atoms with van der Waals surface area (Å²) in [5, 5.41) is 17.9. The molecule has 4 aromatic rings. The summed E-state index contributed by atoms with van der Waals surface area (Å²) in [4.78, 5) is 12.8. The molecule has 0 radical (unpaired) electrons. The number of carbonyl (C=O) groups is 1. The maximum Gasteiger partial charge on any atom is 0.266 e. The van der Waals surface area contributed by atoms with Crippen LogP contribution >= 0.6 is 11.6 Å². The number of rotatable bonds is 6. The Kier molecular flexibility index (Phi) is 6.68. The molecule has 0 aliphatic carbocycles.